The van der Waals surface area contributed by atoms with Gasteiger partial charge in [0.1, 0.15) is 0 Å². The predicted octanol–water partition coefficient (Wildman–Crippen LogP) is -0.597. The van der Waals surface area contributed by atoms with Crippen molar-refractivity contribution in [2.45, 2.75) is 38.3 Å². The number of nitrogens with one attached hydrogen (secondary N) is 1. The fourth-order valence-electron chi connectivity index (χ4n) is 2.55. The van der Waals surface area contributed by atoms with Crippen LogP contribution in [-0.4, -0.2) is 32.5 Å². The molecule has 100 valence electrons. The molecule has 3 N–H and O–H groups in total. The number of aliphatic hydroxyl groups is 2. The van der Waals surface area contributed by atoms with E-state index in [1.807, 2.05) is 6.92 Å². The van der Waals surface area contributed by atoms with Gasteiger partial charge in [0.25, 0.3) is 5.56 Å². The fourth-order valence-corrected chi connectivity index (χ4v) is 2.55. The quantitative estimate of drug-likeness (QED) is 0.671. The van der Waals surface area contributed by atoms with E-state index >= 15 is 0 Å². The molecule has 1 aromatic heterocycles. The smallest absolute Gasteiger partial charge is 0.328 e. The Kier molecular flexibility index (Phi) is 3.68. The molecule has 0 aromatic carbocycles. The summed E-state index contributed by atoms with van der Waals surface area (Å²) in [5.41, 5.74) is -0.250. The Hall–Kier alpha value is -1.40. The molecule has 18 heavy (non-hydrogen) atoms. The highest BCUT2D eigenvalue weighted by Crippen LogP contribution is 2.33. The molecule has 0 unspecified atom stereocenters. The van der Waals surface area contributed by atoms with Crippen molar-refractivity contribution in [3.8, 4) is 0 Å². The molecule has 6 nitrogen and oxygen atoms in total. The maximum atomic E-state index is 11.8. The summed E-state index contributed by atoms with van der Waals surface area (Å²) in [6.07, 6.45) is 2.50. The van der Waals surface area contributed by atoms with Crippen LogP contribution in [0.5, 0.6) is 0 Å². The van der Waals surface area contributed by atoms with E-state index in [9.17, 15) is 14.7 Å². The van der Waals surface area contributed by atoms with Gasteiger partial charge in [-0.2, -0.15) is 0 Å². The van der Waals surface area contributed by atoms with Gasteiger partial charge in [0.05, 0.1) is 6.10 Å². The molecule has 0 amide bonds. The van der Waals surface area contributed by atoms with Crippen molar-refractivity contribution < 1.29 is 10.2 Å². The molecular formula is C12H18N2O4. The van der Waals surface area contributed by atoms with E-state index in [2.05, 4.69) is 4.98 Å². The number of hydrogen-bond donors (Lipinski definition) is 3. The number of H-pyrrole nitrogens is 1. The Morgan fingerprint density at radius 2 is 2.17 bits per heavy atom. The summed E-state index contributed by atoms with van der Waals surface area (Å²) in [5, 5.41) is 18.9. The predicted molar refractivity (Wildman–Crippen MR) is 65.6 cm³/mol. The van der Waals surface area contributed by atoms with Crippen molar-refractivity contribution in [2.24, 2.45) is 5.92 Å². The summed E-state index contributed by atoms with van der Waals surface area (Å²) in [7, 11) is 0. The normalized spacial score (nSPS) is 27.6. The van der Waals surface area contributed by atoms with Gasteiger partial charge in [0, 0.05) is 30.3 Å². The number of aryl methyl sites for hydroxylation is 1. The van der Waals surface area contributed by atoms with Crippen LogP contribution in [0.2, 0.25) is 0 Å². The topological polar surface area (TPSA) is 95.3 Å². The third-order valence-corrected chi connectivity index (χ3v) is 3.68. The molecule has 1 fully saturated rings. The molecule has 0 bridgehead atoms. The van der Waals surface area contributed by atoms with Crippen molar-refractivity contribution in [1.82, 2.24) is 9.55 Å². The SMILES string of the molecule is CCc1cn([C@@H]2C[C@H](CO)[C@@H](O)C2)c(=O)[nH]c1=O. The van der Waals surface area contributed by atoms with Crippen LogP contribution in [0.15, 0.2) is 15.8 Å². The minimum absolute atomic E-state index is 0.0869. The average Bonchev–Trinajstić information content (AvgIpc) is 2.70. The number of hydrogen-bond acceptors (Lipinski definition) is 4. The van der Waals surface area contributed by atoms with Crippen LogP contribution in [0, 0.1) is 5.92 Å². The Balaban J connectivity index is 2.35. The number of rotatable bonds is 3. The molecule has 3 atom stereocenters. The van der Waals surface area contributed by atoms with Gasteiger partial charge in [0.2, 0.25) is 0 Å². The Morgan fingerprint density at radius 1 is 1.44 bits per heavy atom. The summed E-state index contributed by atoms with van der Waals surface area (Å²) in [5.74, 6) is -0.195. The van der Waals surface area contributed by atoms with Gasteiger partial charge in [-0.05, 0) is 19.3 Å². The number of aromatic amines is 1. The average molecular weight is 254 g/mol. The Labute approximate surface area is 104 Å². The highest BCUT2D eigenvalue weighted by Gasteiger charge is 2.34. The van der Waals surface area contributed by atoms with E-state index in [0.29, 0.717) is 24.8 Å². The first-order chi connectivity index (χ1) is 8.56. The molecule has 1 aliphatic rings. The summed E-state index contributed by atoms with van der Waals surface area (Å²) in [4.78, 5) is 25.5. The minimum atomic E-state index is -0.594. The monoisotopic (exact) mass is 254 g/mol. The van der Waals surface area contributed by atoms with Gasteiger partial charge in [-0.25, -0.2) is 4.79 Å². The van der Waals surface area contributed by atoms with Crippen LogP contribution in [0.3, 0.4) is 0 Å². The lowest BCUT2D eigenvalue weighted by Gasteiger charge is -2.14. The van der Waals surface area contributed by atoms with Crippen LogP contribution in [0.25, 0.3) is 0 Å². The van der Waals surface area contributed by atoms with Crippen LogP contribution >= 0.6 is 0 Å². The zero-order valence-electron chi connectivity index (χ0n) is 10.3. The van der Waals surface area contributed by atoms with Crippen LogP contribution in [-0.2, 0) is 6.42 Å². The summed E-state index contributed by atoms with van der Waals surface area (Å²) >= 11 is 0. The second-order valence-electron chi connectivity index (χ2n) is 4.81. The molecular weight excluding hydrogens is 236 g/mol. The van der Waals surface area contributed by atoms with E-state index in [-0.39, 0.29) is 24.1 Å². The largest absolute Gasteiger partial charge is 0.396 e. The van der Waals surface area contributed by atoms with Gasteiger partial charge in [-0.15, -0.1) is 0 Å². The molecule has 1 saturated carbocycles. The van der Waals surface area contributed by atoms with Gasteiger partial charge in [0.15, 0.2) is 0 Å². The zero-order valence-corrected chi connectivity index (χ0v) is 10.3. The third-order valence-electron chi connectivity index (χ3n) is 3.68. The van der Waals surface area contributed by atoms with Crippen LogP contribution in [0.1, 0.15) is 31.4 Å². The summed E-state index contributed by atoms with van der Waals surface area (Å²) in [6.45, 7) is 1.76. The first-order valence-electron chi connectivity index (χ1n) is 6.20. The summed E-state index contributed by atoms with van der Waals surface area (Å²) < 4.78 is 1.47. The highest BCUT2D eigenvalue weighted by molar-refractivity contribution is 5.05. The molecule has 1 heterocycles. The van der Waals surface area contributed by atoms with Crippen molar-refractivity contribution in [1.29, 1.82) is 0 Å². The second-order valence-corrected chi connectivity index (χ2v) is 4.81. The summed E-state index contributed by atoms with van der Waals surface area (Å²) in [6, 6.07) is -0.160. The molecule has 2 rings (SSSR count). The van der Waals surface area contributed by atoms with Crippen molar-refractivity contribution in [3.63, 3.8) is 0 Å². The zero-order chi connectivity index (χ0) is 13.3. The lowest BCUT2D eigenvalue weighted by atomic mass is 10.1. The van der Waals surface area contributed by atoms with Crippen molar-refractivity contribution in [3.05, 3.63) is 32.6 Å². The number of aliphatic hydroxyl groups excluding tert-OH is 2. The fraction of sp³-hybridized carbons (Fsp3) is 0.667. The number of nitrogens with zero attached hydrogens (tertiary/aromatic N) is 1. The first-order valence-corrected chi connectivity index (χ1v) is 6.20. The van der Waals surface area contributed by atoms with E-state index < -0.39 is 11.8 Å². The molecule has 6 heteroatoms. The first kappa shape index (κ1) is 13.0. The van der Waals surface area contributed by atoms with Crippen molar-refractivity contribution >= 4 is 0 Å². The van der Waals surface area contributed by atoms with Gasteiger partial charge in [-0.1, -0.05) is 6.92 Å². The molecule has 1 aliphatic carbocycles. The van der Waals surface area contributed by atoms with Crippen LogP contribution in [0.4, 0.5) is 0 Å². The standard InChI is InChI=1S/C12H18N2O4/c1-2-7-5-14(12(18)13-11(7)17)9-3-8(6-15)10(16)4-9/h5,8-10,15-16H,2-4,6H2,1H3,(H,13,17,18)/t8-,9-,10+/m1/s1. The molecule has 0 saturated heterocycles. The van der Waals surface area contributed by atoms with Gasteiger partial charge >= 0.3 is 5.69 Å². The van der Waals surface area contributed by atoms with Crippen molar-refractivity contribution in [2.75, 3.05) is 6.61 Å². The van der Waals surface area contributed by atoms with Gasteiger partial charge in [-0.3, -0.25) is 14.3 Å². The number of aromatic nitrogens is 2. The molecule has 1 aromatic rings. The van der Waals surface area contributed by atoms with E-state index in [1.54, 1.807) is 6.20 Å². The highest BCUT2D eigenvalue weighted by atomic mass is 16.3. The van der Waals surface area contributed by atoms with Gasteiger partial charge < -0.3 is 10.2 Å². The molecule has 0 radical (unpaired) electrons. The third kappa shape index (κ3) is 2.26. The molecule has 0 aliphatic heterocycles. The van der Waals surface area contributed by atoms with E-state index in [1.165, 1.54) is 4.57 Å². The van der Waals surface area contributed by atoms with Crippen LogP contribution < -0.4 is 11.2 Å². The second kappa shape index (κ2) is 5.07. The van der Waals surface area contributed by atoms with E-state index in [4.69, 9.17) is 5.11 Å². The minimum Gasteiger partial charge on any atom is -0.396 e. The van der Waals surface area contributed by atoms with E-state index in [0.717, 1.165) is 0 Å². The maximum Gasteiger partial charge on any atom is 0.328 e. The maximum absolute atomic E-state index is 11.8. The molecule has 0 spiro atoms. The lowest BCUT2D eigenvalue weighted by molar-refractivity contribution is 0.0906. The Morgan fingerprint density at radius 3 is 2.72 bits per heavy atom. The Bertz CT molecular complexity index is 534. The lowest BCUT2D eigenvalue weighted by Crippen LogP contribution is -2.33.